The van der Waals surface area contributed by atoms with Crippen LogP contribution in [0.1, 0.15) is 11.7 Å². The highest BCUT2D eigenvalue weighted by molar-refractivity contribution is 6.21. The van der Waals surface area contributed by atoms with E-state index in [1.54, 1.807) is 24.3 Å². The van der Waals surface area contributed by atoms with Gasteiger partial charge >= 0.3 is 11.9 Å². The van der Waals surface area contributed by atoms with E-state index in [0.29, 0.717) is 73.3 Å². The van der Waals surface area contributed by atoms with E-state index < -0.39 is 24.8 Å². The molecule has 11 nitrogen and oxygen atoms in total. The van der Waals surface area contributed by atoms with Crippen LogP contribution in [-0.2, 0) is 0 Å². The zero-order chi connectivity index (χ0) is 49.6. The van der Waals surface area contributed by atoms with Gasteiger partial charge in [-0.3, -0.25) is 9.29 Å². The van der Waals surface area contributed by atoms with Crippen LogP contribution in [0.15, 0.2) is 247 Å². The Bertz CT molecular complexity index is 3860. The number of hydrogen-bond acceptors (Lipinski definition) is 7. The maximum atomic E-state index is 17.0. The molecule has 0 saturated heterocycles. The Morgan fingerprint density at radius 1 is 0.284 bits per heavy atom. The number of hydrogen-bond donors (Lipinski definition) is 1. The van der Waals surface area contributed by atoms with Gasteiger partial charge in [0.15, 0.2) is 51.7 Å². The first-order chi connectivity index (χ1) is 36.2. The lowest BCUT2D eigenvalue weighted by molar-refractivity contribution is 0.623. The summed E-state index contributed by atoms with van der Waals surface area (Å²) in [6.45, 7) is 0. The van der Waals surface area contributed by atoms with Crippen LogP contribution in [0.2, 0.25) is 0 Å². The molecule has 0 saturated carbocycles. The van der Waals surface area contributed by atoms with E-state index in [0.717, 1.165) is 33.4 Å². The number of aliphatic imine (C=N–C) groups is 2. The minimum absolute atomic E-state index is 0.108. The van der Waals surface area contributed by atoms with Crippen molar-refractivity contribution in [2.45, 2.75) is 6.17 Å². The van der Waals surface area contributed by atoms with E-state index in [1.807, 2.05) is 212 Å². The predicted molar refractivity (Wildman–Crippen MR) is 299 cm³/mol. The fourth-order valence-electron chi connectivity index (χ4n) is 12.1. The molecule has 15 rings (SSSR count). The summed E-state index contributed by atoms with van der Waals surface area (Å²) in [6, 6.07) is 73.8. The van der Waals surface area contributed by atoms with Crippen LogP contribution in [0, 0.1) is 20.8 Å². The molecule has 5 aliphatic rings. The van der Waals surface area contributed by atoms with E-state index in [-0.39, 0.29) is 23.3 Å². The average Bonchev–Trinajstić information content (AvgIpc) is 4.11. The summed E-state index contributed by atoms with van der Waals surface area (Å²) in [6.07, 6.45) is -1.08. The summed E-state index contributed by atoms with van der Waals surface area (Å²) in [7, 11) is 0. The van der Waals surface area contributed by atoms with Crippen LogP contribution >= 0.6 is 0 Å². The standard InChI is InChI=1S/C63H41N7O4/c71-67(43-20-6-2-7-21-43)53-28-14-10-24-45(53)49-36-51-47-26-12-16-30-55(47)69(73,59(51)38-57(49)67)62-64-61(42-34-32-41(33-35-42)40-18-4-1-5-19-40)65-63(66-62)70(74)56-31-17-13-27-48(56)52-37-50-46-25-11-15-29-54(46)68(72,58(50)39-60(52)70)44-22-8-3-9-23-44/h1-39,61H,(H,64,65,66). The Labute approximate surface area is 425 Å². The van der Waals surface area contributed by atoms with Crippen LogP contribution < -0.4 is 23.9 Å². The summed E-state index contributed by atoms with van der Waals surface area (Å²) < 4.78 is -4.35. The number of quaternary nitrogens is 4. The lowest BCUT2D eigenvalue weighted by atomic mass is 9.99. The van der Waals surface area contributed by atoms with Crippen LogP contribution in [0.25, 0.3) is 55.6 Å². The molecule has 11 heteroatoms. The van der Waals surface area contributed by atoms with Crippen LogP contribution in [0.4, 0.5) is 56.9 Å². The van der Waals surface area contributed by atoms with Crippen LogP contribution in [0.5, 0.6) is 0 Å². The molecule has 0 aliphatic carbocycles. The molecular weight excluding hydrogens is 919 g/mol. The van der Waals surface area contributed by atoms with E-state index in [9.17, 15) is 0 Å². The molecule has 0 amide bonds. The zero-order valence-electron chi connectivity index (χ0n) is 39.4. The van der Waals surface area contributed by atoms with Gasteiger partial charge in [-0.1, -0.05) is 140 Å². The van der Waals surface area contributed by atoms with Gasteiger partial charge in [0, 0.05) is 59.7 Å². The molecule has 0 fully saturated rings. The number of hydroxylamine groups is 2. The van der Waals surface area contributed by atoms with Crippen LogP contribution in [-0.4, -0.2) is 11.9 Å². The van der Waals surface area contributed by atoms with Crippen molar-refractivity contribution < 1.29 is 0 Å². The molecule has 74 heavy (non-hydrogen) atoms. The van der Waals surface area contributed by atoms with Crippen molar-refractivity contribution >= 4 is 68.8 Å². The van der Waals surface area contributed by atoms with Gasteiger partial charge in [0.25, 0.3) is 0 Å². The molecule has 4 atom stereocenters. The molecule has 4 unspecified atom stereocenters. The zero-order valence-corrected chi connectivity index (χ0v) is 39.4. The van der Waals surface area contributed by atoms with Gasteiger partial charge in [-0.2, -0.15) is 9.98 Å². The fourth-order valence-corrected chi connectivity index (χ4v) is 12.1. The van der Waals surface area contributed by atoms with Gasteiger partial charge in [-0.05, 0) is 53.1 Å². The summed E-state index contributed by atoms with van der Waals surface area (Å²) in [5.41, 5.74) is 12.4. The van der Waals surface area contributed by atoms with Crippen LogP contribution in [0.3, 0.4) is 0 Å². The van der Waals surface area contributed by atoms with E-state index in [4.69, 9.17) is 9.98 Å². The largest absolute Gasteiger partial charge is 0.616 e. The summed E-state index contributed by atoms with van der Waals surface area (Å²) in [5.74, 6) is -0.216. The lowest BCUT2D eigenvalue weighted by Gasteiger charge is -2.44. The summed E-state index contributed by atoms with van der Waals surface area (Å²) >= 11 is 0. The van der Waals surface area contributed by atoms with Gasteiger partial charge in [0.2, 0.25) is 0 Å². The molecule has 10 aromatic rings. The van der Waals surface area contributed by atoms with Gasteiger partial charge < -0.3 is 20.8 Å². The number of fused-ring (bicyclic) bond motifs is 12. The van der Waals surface area contributed by atoms with E-state index >= 15 is 20.8 Å². The number of nitrogens with zero attached hydrogens (tertiary/aromatic N) is 6. The monoisotopic (exact) mass is 959 g/mol. The number of benzene rings is 10. The molecule has 0 aromatic heterocycles. The van der Waals surface area contributed by atoms with Gasteiger partial charge in [-0.25, -0.2) is 14.6 Å². The van der Waals surface area contributed by atoms with Gasteiger partial charge in [0.05, 0.1) is 45.5 Å². The van der Waals surface area contributed by atoms with Crippen molar-refractivity contribution in [3.8, 4) is 55.6 Å². The molecule has 0 radical (unpaired) electrons. The molecule has 5 aliphatic heterocycles. The highest BCUT2D eigenvalue weighted by Gasteiger charge is 2.53. The number of nitrogens with one attached hydrogen (secondary N) is 1. The van der Waals surface area contributed by atoms with Crippen molar-refractivity contribution in [2.75, 3.05) is 0 Å². The number of guanidine groups is 2. The smallest absolute Gasteiger partial charge is 0.320 e. The Hall–Kier alpha value is -8.98. The Morgan fingerprint density at radius 3 is 0.986 bits per heavy atom. The first kappa shape index (κ1) is 42.7. The predicted octanol–water partition coefficient (Wildman–Crippen LogP) is 16.2. The second-order valence-electron chi connectivity index (χ2n) is 19.3. The van der Waals surface area contributed by atoms with Crippen molar-refractivity contribution in [2.24, 2.45) is 9.98 Å². The first-order valence-corrected chi connectivity index (χ1v) is 24.6. The van der Waals surface area contributed by atoms with Gasteiger partial charge in [-0.15, -0.1) is 0 Å². The average molecular weight is 960 g/mol. The molecular formula is C63H41N7O4. The molecule has 0 spiro atoms. The molecule has 10 aromatic carbocycles. The molecule has 352 valence electrons. The SMILES string of the molecule is [O-][N+]1(C2=NC(c3ccc(-c4ccccc4)cc3)N=C([N+]3([O-])c4ccccc4-c4cc5c(cc43)[N+]([O-])(c3ccccc3)c3ccccc3-5)N2)c2ccccc2-c2cc3c(cc21)[N+]([O-])(c1ccccc1)c1ccccc1-3. The second-order valence-corrected chi connectivity index (χ2v) is 19.3. The first-order valence-electron chi connectivity index (χ1n) is 24.6. The fraction of sp³-hybridized carbons (Fsp3) is 0.0159. The number of rotatable bonds is 4. The summed E-state index contributed by atoms with van der Waals surface area (Å²) in [5, 5.41) is 69.2. The quantitative estimate of drug-likeness (QED) is 0.139. The van der Waals surface area contributed by atoms with Gasteiger partial charge in [0.1, 0.15) is 11.4 Å². The minimum atomic E-state index is -1.26. The molecule has 5 heterocycles. The van der Waals surface area contributed by atoms with Crippen molar-refractivity contribution in [1.29, 1.82) is 0 Å². The normalized spacial score (nSPS) is 22.9. The Morgan fingerprint density at radius 2 is 0.595 bits per heavy atom. The second kappa shape index (κ2) is 15.3. The van der Waals surface area contributed by atoms with Crippen molar-refractivity contribution in [3.63, 3.8) is 0 Å². The highest BCUT2D eigenvalue weighted by atomic mass is 16.6. The Kier molecular flexibility index (Phi) is 8.81. The van der Waals surface area contributed by atoms with E-state index in [2.05, 4.69) is 5.32 Å². The third-order valence-corrected chi connectivity index (χ3v) is 15.6. The minimum Gasteiger partial charge on any atom is -0.616 e. The lowest BCUT2D eigenvalue weighted by Crippen LogP contribution is -2.61. The third kappa shape index (κ3) is 5.55. The highest BCUT2D eigenvalue weighted by Crippen LogP contribution is 2.65. The summed E-state index contributed by atoms with van der Waals surface area (Å²) in [4.78, 5) is 10.5. The van der Waals surface area contributed by atoms with Crippen molar-refractivity contribution in [1.82, 2.24) is 23.9 Å². The Balaban J connectivity index is 0.956. The number of para-hydroxylation sites is 6. The molecule has 1 N–H and O–H groups in total. The molecule has 0 bridgehead atoms. The van der Waals surface area contributed by atoms with E-state index in [1.165, 1.54) is 0 Å². The van der Waals surface area contributed by atoms with Crippen molar-refractivity contribution in [3.05, 3.63) is 263 Å². The maximum Gasteiger partial charge on any atom is 0.320 e. The maximum absolute atomic E-state index is 17.0. The topological polar surface area (TPSA) is 129 Å². The third-order valence-electron chi connectivity index (χ3n) is 15.6.